The summed E-state index contributed by atoms with van der Waals surface area (Å²) in [7, 11) is 0. The maximum Gasteiger partial charge on any atom is 0.246 e. The Bertz CT molecular complexity index is 492. The molecule has 0 aromatic heterocycles. The smallest absolute Gasteiger partial charge is 0.246 e. The van der Waals surface area contributed by atoms with Crippen LogP contribution < -0.4 is 10.9 Å². The van der Waals surface area contributed by atoms with Gasteiger partial charge in [0.2, 0.25) is 5.91 Å². The summed E-state index contributed by atoms with van der Waals surface area (Å²) in [6.07, 6.45) is 10.0. The molecular weight excluding hydrogens is 338 g/mol. The van der Waals surface area contributed by atoms with E-state index in [0.717, 1.165) is 38.9 Å². The summed E-state index contributed by atoms with van der Waals surface area (Å²) in [4.78, 5) is 15.0. The van der Waals surface area contributed by atoms with Crippen molar-refractivity contribution in [3.05, 3.63) is 12.2 Å². The summed E-state index contributed by atoms with van der Waals surface area (Å²) in [5.41, 5.74) is 6.32. The lowest BCUT2D eigenvalue weighted by atomic mass is 9.85. The minimum Gasteiger partial charge on any atom is -0.349 e. The van der Waals surface area contributed by atoms with Crippen LogP contribution in [0.15, 0.2) is 12.2 Å². The molecule has 1 amide bonds. The van der Waals surface area contributed by atoms with E-state index in [-0.39, 0.29) is 24.2 Å². The standard InChI is InChI=1S/C18H29N3O3S/c22-18(6-4-13-3-5-16-17(8-13)24-12-23-16)21(14-9-19-20-10-14)11-15-2-1-7-25-15/h4,6,13-17,19-20H,1-3,5,7-12H2/b6-4+. The van der Waals surface area contributed by atoms with Gasteiger partial charge in [-0.15, -0.1) is 0 Å². The average molecular weight is 368 g/mol. The van der Waals surface area contributed by atoms with E-state index in [9.17, 15) is 4.79 Å². The number of carbonyl (C=O) groups excluding carboxylic acids is 1. The molecule has 0 spiro atoms. The molecule has 4 aliphatic rings. The SMILES string of the molecule is O=C(/C=C/C1CCC2OCOC2C1)N(CC1CCCS1)C1CNNC1. The van der Waals surface area contributed by atoms with Crippen LogP contribution in [0.25, 0.3) is 0 Å². The van der Waals surface area contributed by atoms with Crippen molar-refractivity contribution >= 4 is 17.7 Å². The van der Waals surface area contributed by atoms with E-state index in [1.807, 2.05) is 17.8 Å². The Kier molecular flexibility index (Phi) is 5.98. The van der Waals surface area contributed by atoms with Crippen LogP contribution in [0, 0.1) is 5.92 Å². The molecule has 4 unspecified atom stereocenters. The molecule has 2 N–H and O–H groups in total. The molecular formula is C18H29N3O3S. The fraction of sp³-hybridized carbons (Fsp3) is 0.833. The highest BCUT2D eigenvalue weighted by Crippen LogP contribution is 2.33. The zero-order chi connectivity index (χ0) is 17.1. The van der Waals surface area contributed by atoms with Gasteiger partial charge in [0.25, 0.3) is 0 Å². The summed E-state index contributed by atoms with van der Waals surface area (Å²) in [6, 6.07) is 0.251. The second-order valence-corrected chi connectivity index (χ2v) is 8.91. The number of hydrogen-bond acceptors (Lipinski definition) is 6. The number of rotatable bonds is 5. The van der Waals surface area contributed by atoms with E-state index >= 15 is 0 Å². The van der Waals surface area contributed by atoms with E-state index in [1.165, 1.54) is 18.6 Å². The molecule has 3 saturated heterocycles. The second kappa shape index (κ2) is 8.39. The zero-order valence-corrected chi connectivity index (χ0v) is 15.5. The molecule has 0 bridgehead atoms. The molecule has 3 heterocycles. The summed E-state index contributed by atoms with van der Waals surface area (Å²) in [5.74, 6) is 1.82. The first-order valence-corrected chi connectivity index (χ1v) is 10.6. The molecule has 6 nitrogen and oxygen atoms in total. The van der Waals surface area contributed by atoms with Crippen LogP contribution in [0.5, 0.6) is 0 Å². The van der Waals surface area contributed by atoms with Gasteiger partial charge in [-0.25, -0.2) is 0 Å². The van der Waals surface area contributed by atoms with Gasteiger partial charge in [-0.05, 0) is 49.9 Å². The van der Waals surface area contributed by atoms with Gasteiger partial charge in [0.15, 0.2) is 0 Å². The van der Waals surface area contributed by atoms with Crippen molar-refractivity contribution in [1.82, 2.24) is 15.8 Å². The second-order valence-electron chi connectivity index (χ2n) is 7.50. The lowest BCUT2D eigenvalue weighted by molar-refractivity contribution is -0.127. The molecule has 7 heteroatoms. The third-order valence-electron chi connectivity index (χ3n) is 5.80. The highest BCUT2D eigenvalue weighted by Gasteiger charge is 2.35. The lowest BCUT2D eigenvalue weighted by Gasteiger charge is -2.30. The molecule has 1 aliphatic carbocycles. The number of hydrogen-bond donors (Lipinski definition) is 2. The Morgan fingerprint density at radius 3 is 2.80 bits per heavy atom. The minimum atomic E-state index is 0.161. The van der Waals surface area contributed by atoms with Crippen LogP contribution in [-0.4, -0.2) is 66.5 Å². The van der Waals surface area contributed by atoms with E-state index in [4.69, 9.17) is 9.47 Å². The summed E-state index contributed by atoms with van der Waals surface area (Å²) in [6.45, 7) is 2.96. The lowest BCUT2D eigenvalue weighted by Crippen LogP contribution is -2.45. The number of nitrogens with zero attached hydrogens (tertiary/aromatic N) is 1. The Morgan fingerprint density at radius 1 is 1.16 bits per heavy atom. The predicted octanol–water partition coefficient (Wildman–Crippen LogP) is 1.28. The quantitative estimate of drug-likeness (QED) is 0.714. The van der Waals surface area contributed by atoms with Crippen molar-refractivity contribution in [2.75, 3.05) is 32.2 Å². The van der Waals surface area contributed by atoms with Crippen molar-refractivity contribution < 1.29 is 14.3 Å². The Labute approximate surface area is 154 Å². The zero-order valence-electron chi connectivity index (χ0n) is 14.7. The van der Waals surface area contributed by atoms with E-state index in [0.29, 0.717) is 18.0 Å². The van der Waals surface area contributed by atoms with Crippen LogP contribution in [0.4, 0.5) is 0 Å². The first kappa shape index (κ1) is 17.8. The number of allylic oxidation sites excluding steroid dienone is 1. The molecule has 1 saturated carbocycles. The molecule has 0 aromatic carbocycles. The number of nitrogens with one attached hydrogen (secondary N) is 2. The maximum absolute atomic E-state index is 12.9. The van der Waals surface area contributed by atoms with Crippen LogP contribution in [0.1, 0.15) is 32.1 Å². The largest absolute Gasteiger partial charge is 0.349 e. The highest BCUT2D eigenvalue weighted by atomic mass is 32.2. The van der Waals surface area contributed by atoms with Gasteiger partial charge in [-0.3, -0.25) is 15.6 Å². The van der Waals surface area contributed by atoms with Crippen LogP contribution in [-0.2, 0) is 14.3 Å². The summed E-state index contributed by atoms with van der Waals surface area (Å²) in [5, 5.41) is 0.595. The van der Waals surface area contributed by atoms with Crippen molar-refractivity contribution in [3.8, 4) is 0 Å². The molecule has 0 aromatic rings. The van der Waals surface area contributed by atoms with Crippen molar-refractivity contribution in [2.45, 2.75) is 55.6 Å². The van der Waals surface area contributed by atoms with Crippen LogP contribution in [0.2, 0.25) is 0 Å². The van der Waals surface area contributed by atoms with Gasteiger partial charge in [-0.2, -0.15) is 11.8 Å². The number of hydrazine groups is 1. The van der Waals surface area contributed by atoms with Gasteiger partial charge in [-0.1, -0.05) is 6.08 Å². The predicted molar refractivity (Wildman–Crippen MR) is 98.1 cm³/mol. The fourth-order valence-electron chi connectivity index (χ4n) is 4.30. The van der Waals surface area contributed by atoms with Gasteiger partial charge in [0, 0.05) is 24.9 Å². The first-order chi connectivity index (χ1) is 12.3. The number of carbonyl (C=O) groups is 1. The monoisotopic (exact) mass is 367 g/mol. The minimum absolute atomic E-state index is 0.161. The van der Waals surface area contributed by atoms with Gasteiger partial charge >= 0.3 is 0 Å². The Hall–Kier alpha value is -0.600. The van der Waals surface area contributed by atoms with Crippen molar-refractivity contribution in [2.24, 2.45) is 5.92 Å². The summed E-state index contributed by atoms with van der Waals surface area (Å²) < 4.78 is 11.2. The van der Waals surface area contributed by atoms with E-state index < -0.39 is 0 Å². The van der Waals surface area contributed by atoms with Crippen molar-refractivity contribution in [3.63, 3.8) is 0 Å². The molecule has 140 valence electrons. The van der Waals surface area contributed by atoms with Gasteiger partial charge in [0.1, 0.15) is 6.79 Å². The normalized spacial score (nSPS) is 36.2. The van der Waals surface area contributed by atoms with E-state index in [1.54, 1.807) is 0 Å². The van der Waals surface area contributed by atoms with Crippen molar-refractivity contribution in [1.29, 1.82) is 0 Å². The third kappa shape index (κ3) is 4.39. The van der Waals surface area contributed by atoms with Gasteiger partial charge in [0.05, 0.1) is 18.2 Å². The molecule has 3 aliphatic heterocycles. The molecule has 4 atom stereocenters. The fourth-order valence-corrected chi connectivity index (χ4v) is 5.57. The average Bonchev–Trinajstić information content (AvgIpc) is 3.39. The van der Waals surface area contributed by atoms with Gasteiger partial charge < -0.3 is 14.4 Å². The first-order valence-electron chi connectivity index (χ1n) is 9.59. The topological polar surface area (TPSA) is 62.8 Å². The number of thioether (sulfide) groups is 1. The Balaban J connectivity index is 1.35. The Morgan fingerprint density at radius 2 is 2.00 bits per heavy atom. The molecule has 4 rings (SSSR count). The molecule has 0 radical (unpaired) electrons. The number of ether oxygens (including phenoxy) is 2. The van der Waals surface area contributed by atoms with Crippen LogP contribution >= 0.6 is 11.8 Å². The van der Waals surface area contributed by atoms with E-state index in [2.05, 4.69) is 21.8 Å². The maximum atomic E-state index is 12.9. The number of fused-ring (bicyclic) bond motifs is 1. The van der Waals surface area contributed by atoms with Crippen LogP contribution in [0.3, 0.4) is 0 Å². The summed E-state index contributed by atoms with van der Waals surface area (Å²) >= 11 is 2.01. The highest BCUT2D eigenvalue weighted by molar-refractivity contribution is 8.00. The number of amides is 1. The molecule has 25 heavy (non-hydrogen) atoms. The molecule has 4 fully saturated rings. The third-order valence-corrected chi connectivity index (χ3v) is 7.18.